The van der Waals surface area contributed by atoms with Crippen LogP contribution in [0.1, 0.15) is 21.8 Å². The Morgan fingerprint density at radius 1 is 1.13 bits per heavy atom. The number of hydrogen-bond donors (Lipinski definition) is 2. The minimum absolute atomic E-state index is 0.198. The van der Waals surface area contributed by atoms with E-state index in [2.05, 4.69) is 36.5 Å². The number of nitrogens with one attached hydrogen (secondary N) is 2. The first-order chi connectivity index (χ1) is 14.5. The average molecular weight is 502 g/mol. The van der Waals surface area contributed by atoms with Crippen LogP contribution in [0.25, 0.3) is 11.1 Å². The van der Waals surface area contributed by atoms with Gasteiger partial charge < -0.3 is 9.73 Å². The van der Waals surface area contributed by atoms with Gasteiger partial charge in [0, 0.05) is 34.0 Å². The van der Waals surface area contributed by atoms with Crippen LogP contribution in [0.15, 0.2) is 69.8 Å². The number of fused-ring (bicyclic) bond motifs is 1. The molecule has 0 aliphatic carbocycles. The highest BCUT2D eigenvalue weighted by molar-refractivity contribution is 9.10. The fraction of sp³-hybridized carbons (Fsp3) is 0.0476. The van der Waals surface area contributed by atoms with Crippen LogP contribution in [-0.4, -0.2) is 21.0 Å². The molecule has 6 nitrogen and oxygen atoms in total. The molecule has 150 valence electrons. The number of carbonyl (C=O) groups excluding carboxylic acids is 1. The number of oxazole rings is 1. The van der Waals surface area contributed by atoms with Crippen molar-refractivity contribution in [2.24, 2.45) is 0 Å². The number of nitrogens with zero attached hydrogens (tertiary/aromatic N) is 2. The number of pyridine rings is 1. The number of amides is 1. The lowest BCUT2D eigenvalue weighted by atomic mass is 10.1. The third kappa shape index (κ3) is 5.02. The summed E-state index contributed by atoms with van der Waals surface area (Å²) >= 11 is 14.5. The van der Waals surface area contributed by atoms with E-state index in [9.17, 15) is 4.79 Å². The van der Waals surface area contributed by atoms with Crippen LogP contribution in [0.3, 0.4) is 0 Å². The minimum Gasteiger partial charge on any atom is -0.440 e. The Morgan fingerprint density at radius 3 is 2.70 bits per heavy atom. The van der Waals surface area contributed by atoms with Crippen LogP contribution < -0.4 is 10.6 Å². The Balaban J connectivity index is 1.36. The van der Waals surface area contributed by atoms with Crippen LogP contribution in [-0.2, 0) is 6.42 Å². The van der Waals surface area contributed by atoms with Gasteiger partial charge in [-0.25, -0.2) is 4.98 Å². The van der Waals surface area contributed by atoms with E-state index in [-0.39, 0.29) is 11.0 Å². The van der Waals surface area contributed by atoms with Gasteiger partial charge in [0.05, 0.1) is 5.56 Å². The highest BCUT2D eigenvalue weighted by Crippen LogP contribution is 2.22. The number of benzene rings is 2. The number of thiocarbonyl (C=S) groups is 1. The van der Waals surface area contributed by atoms with Crippen molar-refractivity contribution in [3.8, 4) is 0 Å². The van der Waals surface area contributed by atoms with Gasteiger partial charge in [-0.2, -0.15) is 0 Å². The third-order valence-electron chi connectivity index (χ3n) is 4.16. The summed E-state index contributed by atoms with van der Waals surface area (Å²) in [6, 6.07) is 14.6. The Kier molecular flexibility index (Phi) is 6.08. The number of carbonyl (C=O) groups is 1. The molecule has 0 fully saturated rings. The average Bonchev–Trinajstić information content (AvgIpc) is 3.10. The van der Waals surface area contributed by atoms with Crippen molar-refractivity contribution < 1.29 is 9.21 Å². The maximum absolute atomic E-state index is 12.2. The predicted octanol–water partition coefficient (Wildman–Crippen LogP) is 5.36. The lowest BCUT2D eigenvalue weighted by Crippen LogP contribution is -2.34. The highest BCUT2D eigenvalue weighted by Gasteiger charge is 2.10. The van der Waals surface area contributed by atoms with Crippen LogP contribution >= 0.6 is 39.7 Å². The number of halogens is 2. The fourth-order valence-electron chi connectivity index (χ4n) is 2.78. The summed E-state index contributed by atoms with van der Waals surface area (Å²) in [5.74, 6) is 0.271. The van der Waals surface area contributed by atoms with Crippen molar-refractivity contribution in [1.82, 2.24) is 15.3 Å². The smallest absolute Gasteiger partial charge is 0.259 e. The lowest BCUT2D eigenvalue weighted by Gasteiger charge is -2.10. The van der Waals surface area contributed by atoms with Gasteiger partial charge in [0.15, 0.2) is 16.6 Å². The van der Waals surface area contributed by atoms with Crippen LogP contribution in [0.5, 0.6) is 0 Å². The van der Waals surface area contributed by atoms with Gasteiger partial charge in [0.1, 0.15) is 5.52 Å². The molecule has 4 rings (SSSR count). The summed E-state index contributed by atoms with van der Waals surface area (Å²) < 4.78 is 6.47. The molecule has 0 spiro atoms. The molecule has 1 amide bonds. The van der Waals surface area contributed by atoms with Gasteiger partial charge in [-0.3, -0.25) is 15.1 Å². The summed E-state index contributed by atoms with van der Waals surface area (Å²) in [5.41, 5.74) is 3.62. The summed E-state index contributed by atoms with van der Waals surface area (Å²) in [7, 11) is 0. The second-order valence-electron chi connectivity index (χ2n) is 6.39. The van der Waals surface area contributed by atoms with E-state index in [4.69, 9.17) is 28.2 Å². The molecular weight excluding hydrogens is 488 g/mol. The van der Waals surface area contributed by atoms with Gasteiger partial charge in [0.25, 0.3) is 5.91 Å². The van der Waals surface area contributed by atoms with E-state index >= 15 is 0 Å². The molecule has 2 N–H and O–H groups in total. The van der Waals surface area contributed by atoms with E-state index < -0.39 is 0 Å². The second-order valence-corrected chi connectivity index (χ2v) is 8.15. The molecule has 9 heteroatoms. The van der Waals surface area contributed by atoms with Crippen LogP contribution in [0.2, 0.25) is 5.02 Å². The quantitative estimate of drug-likeness (QED) is 0.367. The molecule has 2 aromatic carbocycles. The zero-order chi connectivity index (χ0) is 21.1. The Hall–Kier alpha value is -2.81. The summed E-state index contributed by atoms with van der Waals surface area (Å²) in [6.45, 7) is 0. The lowest BCUT2D eigenvalue weighted by molar-refractivity contribution is 0.0977. The van der Waals surface area contributed by atoms with Crippen molar-refractivity contribution in [3.63, 3.8) is 0 Å². The van der Waals surface area contributed by atoms with Crippen molar-refractivity contribution in [2.75, 3.05) is 5.32 Å². The monoisotopic (exact) mass is 500 g/mol. The number of rotatable bonds is 4. The number of hydrogen-bond acceptors (Lipinski definition) is 5. The molecule has 0 bridgehead atoms. The van der Waals surface area contributed by atoms with Crippen LogP contribution in [0, 0.1) is 0 Å². The van der Waals surface area contributed by atoms with Gasteiger partial charge >= 0.3 is 0 Å². The van der Waals surface area contributed by atoms with Crippen molar-refractivity contribution in [1.29, 1.82) is 0 Å². The first-order valence-electron chi connectivity index (χ1n) is 8.83. The molecule has 2 aromatic heterocycles. The Bertz CT molecular complexity index is 1240. The molecule has 0 aliphatic rings. The molecule has 0 unspecified atom stereocenters. The number of aromatic nitrogens is 2. The van der Waals surface area contributed by atoms with E-state index in [1.807, 2.05) is 24.3 Å². The van der Waals surface area contributed by atoms with E-state index in [1.165, 1.54) is 6.20 Å². The van der Waals surface area contributed by atoms with E-state index in [0.29, 0.717) is 33.0 Å². The second kappa shape index (κ2) is 8.91. The molecule has 4 aromatic rings. The molecule has 0 saturated heterocycles. The molecule has 30 heavy (non-hydrogen) atoms. The maximum atomic E-state index is 12.2. The minimum atomic E-state index is -0.339. The third-order valence-corrected chi connectivity index (χ3v) is 5.03. The van der Waals surface area contributed by atoms with E-state index in [0.717, 1.165) is 16.8 Å². The Morgan fingerprint density at radius 2 is 1.93 bits per heavy atom. The Labute approximate surface area is 190 Å². The molecular formula is C21H14BrClN4O2S. The van der Waals surface area contributed by atoms with Gasteiger partial charge in [-0.1, -0.05) is 23.7 Å². The molecule has 2 heterocycles. The van der Waals surface area contributed by atoms with Crippen molar-refractivity contribution in [2.45, 2.75) is 6.42 Å². The normalized spacial score (nSPS) is 10.7. The van der Waals surface area contributed by atoms with Gasteiger partial charge in [0.2, 0.25) is 0 Å². The zero-order valence-corrected chi connectivity index (χ0v) is 18.5. The van der Waals surface area contributed by atoms with Crippen LogP contribution in [0.4, 0.5) is 5.69 Å². The maximum Gasteiger partial charge on any atom is 0.259 e. The van der Waals surface area contributed by atoms with Crippen molar-refractivity contribution >= 4 is 67.6 Å². The first-order valence-corrected chi connectivity index (χ1v) is 10.4. The topological polar surface area (TPSA) is 80.0 Å². The largest absolute Gasteiger partial charge is 0.440 e. The first kappa shape index (κ1) is 20.5. The van der Waals surface area contributed by atoms with E-state index in [1.54, 1.807) is 30.5 Å². The molecule has 0 aliphatic heterocycles. The fourth-order valence-corrected chi connectivity index (χ4v) is 3.52. The van der Waals surface area contributed by atoms with Gasteiger partial charge in [-0.05, 0) is 70.1 Å². The van der Waals surface area contributed by atoms with Crippen molar-refractivity contribution in [3.05, 3.63) is 87.4 Å². The predicted molar refractivity (Wildman–Crippen MR) is 124 cm³/mol. The summed E-state index contributed by atoms with van der Waals surface area (Å²) in [5, 5.41) is 6.44. The SMILES string of the molecule is O=C(NC(=S)Nc1ccc(Cc2nc3cc(Cl)ccc3o2)cc1)c1cncc(Br)c1. The van der Waals surface area contributed by atoms with Gasteiger partial charge in [-0.15, -0.1) is 0 Å². The number of anilines is 1. The highest BCUT2D eigenvalue weighted by atomic mass is 79.9. The zero-order valence-electron chi connectivity index (χ0n) is 15.4. The summed E-state index contributed by atoms with van der Waals surface area (Å²) in [4.78, 5) is 20.7. The molecule has 0 radical (unpaired) electrons. The molecule has 0 saturated carbocycles. The standard InChI is InChI=1S/C21H14BrClN4O2S/c22-14-8-13(10-24-11-14)20(28)27-21(30)25-16-4-1-12(2-5-16)7-19-26-17-9-15(23)3-6-18(17)29-19/h1-6,8-11H,7H2,(H2,25,27,28,30). The summed E-state index contributed by atoms with van der Waals surface area (Å²) in [6.07, 6.45) is 3.62. The molecule has 0 atom stereocenters.